The Morgan fingerprint density at radius 3 is 3.21 bits per heavy atom. The van der Waals surface area contributed by atoms with E-state index in [0.717, 1.165) is 9.56 Å². The van der Waals surface area contributed by atoms with Crippen molar-refractivity contribution >= 4 is 11.3 Å². The molecule has 2 aromatic rings. The summed E-state index contributed by atoms with van der Waals surface area (Å²) >= 11 is 1.42. The first-order chi connectivity index (χ1) is 6.81. The van der Waals surface area contributed by atoms with Gasteiger partial charge in [-0.1, -0.05) is 6.07 Å². The van der Waals surface area contributed by atoms with Crippen LogP contribution < -0.4 is 5.76 Å². The maximum atomic E-state index is 11.1. The molecule has 0 aliphatic heterocycles. The average molecular weight is 207 g/mol. The van der Waals surface area contributed by atoms with E-state index in [9.17, 15) is 4.79 Å². The zero-order chi connectivity index (χ0) is 9.97. The zero-order valence-corrected chi connectivity index (χ0v) is 7.82. The minimum Gasteiger partial charge on any atom is -0.387 e. The molecule has 2 aromatic heterocycles. The average Bonchev–Trinajstić information content (AvgIpc) is 2.76. The number of thiophene rings is 1. The molecule has 0 N–H and O–H groups in total. The van der Waals surface area contributed by atoms with Crippen LogP contribution in [0.2, 0.25) is 0 Å². The van der Waals surface area contributed by atoms with E-state index in [0.29, 0.717) is 0 Å². The summed E-state index contributed by atoms with van der Waals surface area (Å²) in [5, 5.41) is 14.1. The molecule has 0 aliphatic carbocycles. The molecule has 5 nitrogen and oxygen atoms in total. The molecule has 0 aromatic carbocycles. The van der Waals surface area contributed by atoms with Crippen LogP contribution >= 0.6 is 11.3 Å². The third-order valence-electron chi connectivity index (χ3n) is 1.56. The predicted octanol–water partition coefficient (Wildman–Crippen LogP) is 1.09. The summed E-state index contributed by atoms with van der Waals surface area (Å²) in [4.78, 5) is 11.9. The zero-order valence-electron chi connectivity index (χ0n) is 7.01. The minimum absolute atomic E-state index is 0.0896. The Hall–Kier alpha value is -1.87. The highest BCUT2D eigenvalue weighted by Crippen LogP contribution is 2.20. The van der Waals surface area contributed by atoms with Crippen LogP contribution in [0, 0.1) is 11.3 Å². The fourth-order valence-electron chi connectivity index (χ4n) is 0.973. The molecule has 0 atom stereocenters. The highest BCUT2D eigenvalue weighted by atomic mass is 32.1. The lowest BCUT2D eigenvalue weighted by Crippen LogP contribution is -2.14. The van der Waals surface area contributed by atoms with Crippen molar-refractivity contribution in [2.24, 2.45) is 0 Å². The van der Waals surface area contributed by atoms with E-state index in [4.69, 9.17) is 9.68 Å². The van der Waals surface area contributed by atoms with Gasteiger partial charge < -0.3 is 4.42 Å². The largest absolute Gasteiger partial charge is 0.438 e. The van der Waals surface area contributed by atoms with Crippen LogP contribution in [0.4, 0.5) is 0 Å². The van der Waals surface area contributed by atoms with Gasteiger partial charge in [0.15, 0.2) is 0 Å². The minimum atomic E-state index is -0.602. The molecular formula is C8H5N3O2S. The summed E-state index contributed by atoms with van der Waals surface area (Å²) in [5.74, 6) is -0.338. The van der Waals surface area contributed by atoms with Gasteiger partial charge in [0.1, 0.15) is 6.54 Å². The van der Waals surface area contributed by atoms with E-state index >= 15 is 0 Å². The molecule has 0 bridgehead atoms. The van der Waals surface area contributed by atoms with Crippen LogP contribution in [0.25, 0.3) is 10.8 Å². The first-order valence-corrected chi connectivity index (χ1v) is 4.68. The van der Waals surface area contributed by atoms with Gasteiger partial charge in [-0.3, -0.25) is 0 Å². The number of rotatable bonds is 2. The second-order valence-corrected chi connectivity index (χ2v) is 3.41. The molecule has 2 heterocycles. The Balaban J connectivity index is 2.44. The van der Waals surface area contributed by atoms with Crippen LogP contribution in [0.15, 0.2) is 26.7 Å². The van der Waals surface area contributed by atoms with Gasteiger partial charge in [-0.25, -0.2) is 4.79 Å². The number of nitriles is 1. The lowest BCUT2D eigenvalue weighted by atomic mass is 10.5. The number of hydrogen-bond acceptors (Lipinski definition) is 5. The van der Waals surface area contributed by atoms with Crippen molar-refractivity contribution in [1.29, 1.82) is 5.26 Å². The van der Waals surface area contributed by atoms with Crippen LogP contribution in [-0.2, 0) is 6.54 Å². The van der Waals surface area contributed by atoms with Crippen molar-refractivity contribution in [1.82, 2.24) is 9.78 Å². The van der Waals surface area contributed by atoms with Gasteiger partial charge in [0.05, 0.1) is 10.9 Å². The Morgan fingerprint density at radius 1 is 1.71 bits per heavy atom. The van der Waals surface area contributed by atoms with Crippen molar-refractivity contribution in [2.75, 3.05) is 0 Å². The molecule has 14 heavy (non-hydrogen) atoms. The topological polar surface area (TPSA) is 71.8 Å². The predicted molar refractivity (Wildman–Crippen MR) is 49.7 cm³/mol. The standard InChI is InChI=1S/C8H5N3O2S/c9-3-4-11-8(12)13-7(10-11)6-2-1-5-14-6/h1-2,5H,4H2. The third-order valence-corrected chi connectivity index (χ3v) is 2.42. The van der Waals surface area contributed by atoms with E-state index in [1.54, 1.807) is 6.07 Å². The highest BCUT2D eigenvalue weighted by molar-refractivity contribution is 7.13. The van der Waals surface area contributed by atoms with Crippen LogP contribution in [0.3, 0.4) is 0 Å². The Bertz CT molecular complexity index is 518. The van der Waals surface area contributed by atoms with E-state index in [2.05, 4.69) is 5.10 Å². The molecule has 0 radical (unpaired) electrons. The van der Waals surface area contributed by atoms with Crippen molar-refractivity contribution in [3.63, 3.8) is 0 Å². The van der Waals surface area contributed by atoms with Crippen LogP contribution in [0.5, 0.6) is 0 Å². The summed E-state index contributed by atoms with van der Waals surface area (Å²) in [7, 11) is 0. The van der Waals surface area contributed by atoms with Gasteiger partial charge >= 0.3 is 5.76 Å². The molecule has 0 fully saturated rings. The molecule has 6 heteroatoms. The maximum absolute atomic E-state index is 11.1. The van der Waals surface area contributed by atoms with Gasteiger partial charge in [0.2, 0.25) is 0 Å². The monoisotopic (exact) mass is 207 g/mol. The fourth-order valence-corrected chi connectivity index (χ4v) is 1.62. The fraction of sp³-hybridized carbons (Fsp3) is 0.125. The van der Waals surface area contributed by atoms with Crippen molar-refractivity contribution in [3.8, 4) is 16.8 Å². The molecule has 0 unspecified atom stereocenters. The first kappa shape index (κ1) is 8.72. The molecule has 0 saturated heterocycles. The third kappa shape index (κ3) is 1.45. The van der Waals surface area contributed by atoms with E-state index < -0.39 is 5.76 Å². The Kier molecular flexibility index (Phi) is 2.16. The van der Waals surface area contributed by atoms with Crippen molar-refractivity contribution in [3.05, 3.63) is 28.1 Å². The van der Waals surface area contributed by atoms with E-state index in [1.165, 1.54) is 11.3 Å². The molecule has 0 saturated carbocycles. The normalized spacial score (nSPS) is 9.93. The number of nitrogens with zero attached hydrogens (tertiary/aromatic N) is 3. The molecule has 0 aliphatic rings. The SMILES string of the molecule is N#CCn1nc(-c2cccs2)oc1=O. The van der Waals surface area contributed by atoms with Crippen molar-refractivity contribution < 1.29 is 4.42 Å². The molecule has 0 amide bonds. The smallest absolute Gasteiger partial charge is 0.387 e. The Morgan fingerprint density at radius 2 is 2.57 bits per heavy atom. The van der Waals surface area contributed by atoms with Gasteiger partial charge in [-0.05, 0) is 11.4 Å². The highest BCUT2D eigenvalue weighted by Gasteiger charge is 2.09. The summed E-state index contributed by atoms with van der Waals surface area (Å²) < 4.78 is 5.86. The second-order valence-electron chi connectivity index (χ2n) is 2.47. The summed E-state index contributed by atoms with van der Waals surface area (Å²) in [5.41, 5.74) is 0. The summed E-state index contributed by atoms with van der Waals surface area (Å²) in [6.07, 6.45) is 0. The van der Waals surface area contributed by atoms with Crippen LogP contribution in [-0.4, -0.2) is 9.78 Å². The van der Waals surface area contributed by atoms with Gasteiger partial charge in [0.25, 0.3) is 5.89 Å². The Labute approximate surface area is 82.8 Å². The van der Waals surface area contributed by atoms with E-state index in [-0.39, 0.29) is 12.4 Å². The lowest BCUT2D eigenvalue weighted by Gasteiger charge is -1.84. The summed E-state index contributed by atoms with van der Waals surface area (Å²) in [6, 6.07) is 5.46. The number of aromatic nitrogens is 2. The van der Waals surface area contributed by atoms with Gasteiger partial charge in [0, 0.05) is 0 Å². The maximum Gasteiger partial charge on any atom is 0.438 e. The van der Waals surface area contributed by atoms with E-state index in [1.807, 2.05) is 17.5 Å². The quantitative estimate of drug-likeness (QED) is 0.738. The summed E-state index contributed by atoms with van der Waals surface area (Å²) in [6.45, 7) is -0.0896. The van der Waals surface area contributed by atoms with Crippen molar-refractivity contribution in [2.45, 2.75) is 6.54 Å². The molecule has 70 valence electrons. The van der Waals surface area contributed by atoms with Crippen LogP contribution in [0.1, 0.15) is 0 Å². The molecular weight excluding hydrogens is 202 g/mol. The molecule has 2 rings (SSSR count). The molecule has 0 spiro atoms. The van der Waals surface area contributed by atoms with Gasteiger partial charge in [-0.15, -0.1) is 16.4 Å². The lowest BCUT2D eigenvalue weighted by molar-refractivity contribution is 0.499. The van der Waals surface area contributed by atoms with Gasteiger partial charge in [-0.2, -0.15) is 9.94 Å². The first-order valence-electron chi connectivity index (χ1n) is 3.80. The second kappa shape index (κ2) is 3.47. The number of hydrogen-bond donors (Lipinski definition) is 0.